The fourth-order valence-electron chi connectivity index (χ4n) is 2.86. The summed E-state index contributed by atoms with van der Waals surface area (Å²) in [6.07, 6.45) is 14.9. The van der Waals surface area contributed by atoms with E-state index in [0.717, 1.165) is 38.5 Å². The summed E-state index contributed by atoms with van der Waals surface area (Å²) >= 11 is 0. The van der Waals surface area contributed by atoms with Crippen LogP contribution in [-0.4, -0.2) is 41.6 Å². The third-order valence-electron chi connectivity index (χ3n) is 4.58. The Hall–Kier alpha value is 1.24. The summed E-state index contributed by atoms with van der Waals surface area (Å²) in [5.74, 6) is -0.489. The van der Waals surface area contributed by atoms with Crippen LogP contribution in [0.2, 0.25) is 0 Å². The van der Waals surface area contributed by atoms with Gasteiger partial charge in [0.15, 0.2) is 0 Å². The fraction of sp³-hybridized carbons (Fsp3) is 0.857. The van der Waals surface area contributed by atoms with E-state index in [1.807, 2.05) is 6.08 Å². The topological polar surface area (TPSA) is 139 Å². The van der Waals surface area contributed by atoms with Crippen molar-refractivity contribution in [2.24, 2.45) is 0 Å². The van der Waals surface area contributed by atoms with E-state index in [1.165, 1.54) is 32.1 Å². The van der Waals surface area contributed by atoms with E-state index in [9.17, 15) is 29.4 Å². The summed E-state index contributed by atoms with van der Waals surface area (Å²) in [4.78, 5) is 32.1. The molecule has 1 unspecified atom stereocenters. The number of phosphoric ester groups is 1. The number of aliphatic hydroxyl groups is 2. The molecule has 0 aliphatic rings. The van der Waals surface area contributed by atoms with Crippen molar-refractivity contribution in [1.82, 2.24) is 0 Å². The molecule has 0 aromatic carbocycles. The van der Waals surface area contributed by atoms with Crippen LogP contribution in [0.5, 0.6) is 0 Å². The van der Waals surface area contributed by atoms with Crippen LogP contribution in [0.1, 0.15) is 90.4 Å². The molecule has 0 spiro atoms. The standard InChI is InChI=1S/C21H41O8P.2Na/c1-2-3-4-5-6-8-11-14-19(22)15-12-9-7-10-13-16-21(24)28-17-20(23)18-29-30(25,26)27;;/h11,14,19-20,22-23H,2-10,12-13,15-18H2,1H3,(H2,25,26,27);;/q;2*+1/p-2/b14-11+;;/t19?,20-;;/m1../s1. The monoisotopic (exact) mass is 496 g/mol. The summed E-state index contributed by atoms with van der Waals surface area (Å²) in [6, 6.07) is 0. The summed E-state index contributed by atoms with van der Waals surface area (Å²) in [5.41, 5.74) is 0. The van der Waals surface area contributed by atoms with Crippen LogP contribution in [0, 0.1) is 0 Å². The molecule has 0 bridgehead atoms. The molecule has 0 radical (unpaired) electrons. The van der Waals surface area contributed by atoms with Gasteiger partial charge < -0.3 is 33.8 Å². The average Bonchev–Trinajstić information content (AvgIpc) is 2.68. The molecule has 0 fully saturated rings. The minimum absolute atomic E-state index is 0. The van der Waals surface area contributed by atoms with Gasteiger partial charge in [-0.3, -0.25) is 4.79 Å². The van der Waals surface area contributed by atoms with Crippen LogP contribution in [0.25, 0.3) is 0 Å². The molecule has 178 valence electrons. The van der Waals surface area contributed by atoms with E-state index >= 15 is 0 Å². The maximum Gasteiger partial charge on any atom is 1.00 e. The van der Waals surface area contributed by atoms with Crippen LogP contribution in [0.4, 0.5) is 0 Å². The Kier molecular flexibility index (Phi) is 29.9. The fourth-order valence-corrected chi connectivity index (χ4v) is 3.21. The van der Waals surface area contributed by atoms with Gasteiger partial charge >= 0.3 is 65.1 Å². The van der Waals surface area contributed by atoms with Gasteiger partial charge in [-0.2, -0.15) is 0 Å². The first-order chi connectivity index (χ1) is 14.2. The molecule has 0 heterocycles. The molecule has 0 saturated carbocycles. The number of ether oxygens (including phenoxy) is 1. The van der Waals surface area contributed by atoms with Crippen LogP contribution >= 0.6 is 7.82 Å². The molecule has 0 aliphatic heterocycles. The van der Waals surface area contributed by atoms with Gasteiger partial charge in [0.1, 0.15) is 12.7 Å². The zero-order valence-corrected chi connectivity index (χ0v) is 25.1. The summed E-state index contributed by atoms with van der Waals surface area (Å²) in [7, 11) is -5.14. The third-order valence-corrected chi connectivity index (χ3v) is 5.04. The molecule has 0 saturated heterocycles. The largest absolute Gasteiger partial charge is 1.00 e. The predicted molar refractivity (Wildman–Crippen MR) is 111 cm³/mol. The summed E-state index contributed by atoms with van der Waals surface area (Å²) in [6.45, 7) is 1.06. The second kappa shape index (κ2) is 25.3. The molecule has 2 atom stereocenters. The van der Waals surface area contributed by atoms with Crippen LogP contribution in [-0.2, 0) is 18.6 Å². The number of carbonyl (C=O) groups is 1. The maximum absolute atomic E-state index is 11.5. The van der Waals surface area contributed by atoms with Gasteiger partial charge in [0.2, 0.25) is 0 Å². The molecule has 8 nitrogen and oxygen atoms in total. The third kappa shape index (κ3) is 29.3. The molecule has 0 rings (SSSR count). The molecule has 0 amide bonds. The van der Waals surface area contributed by atoms with Gasteiger partial charge in [-0.25, -0.2) is 0 Å². The number of esters is 1. The molecule has 2 N–H and O–H groups in total. The van der Waals surface area contributed by atoms with Crippen LogP contribution in [0.3, 0.4) is 0 Å². The van der Waals surface area contributed by atoms with Crippen molar-refractivity contribution in [2.75, 3.05) is 13.2 Å². The average molecular weight is 496 g/mol. The first-order valence-corrected chi connectivity index (χ1v) is 12.6. The zero-order chi connectivity index (χ0) is 22.7. The summed E-state index contributed by atoms with van der Waals surface area (Å²) < 4.78 is 19.0. The van der Waals surface area contributed by atoms with E-state index in [2.05, 4.69) is 17.5 Å². The van der Waals surface area contributed by atoms with Gasteiger partial charge in [0.25, 0.3) is 0 Å². The molecule has 0 aromatic heterocycles. The molecule has 32 heavy (non-hydrogen) atoms. The SMILES string of the molecule is CCCCCCC/C=C/C(O)CCCCCCCC(=O)OC[C@@H](O)COP(=O)([O-])[O-].[Na+].[Na+]. The maximum atomic E-state index is 11.5. The second-order valence-electron chi connectivity index (χ2n) is 7.58. The van der Waals surface area contributed by atoms with E-state index in [-0.39, 0.29) is 71.6 Å². The quantitative estimate of drug-likeness (QED) is 0.0589. The van der Waals surface area contributed by atoms with Crippen molar-refractivity contribution < 1.29 is 97.7 Å². The molecular formula is C21H39Na2O8P. The Morgan fingerprint density at radius 1 is 0.938 bits per heavy atom. The number of allylic oxidation sites excluding steroid dienone is 1. The molecule has 0 aliphatic carbocycles. The molecule has 11 heteroatoms. The van der Waals surface area contributed by atoms with Crippen LogP contribution in [0.15, 0.2) is 12.2 Å². The minimum Gasteiger partial charge on any atom is -0.790 e. The number of carbonyl (C=O) groups excluding carboxylic acids is 1. The number of aliphatic hydroxyl groups excluding tert-OH is 2. The number of hydrogen-bond donors (Lipinski definition) is 2. The van der Waals surface area contributed by atoms with E-state index in [4.69, 9.17) is 4.74 Å². The Morgan fingerprint density at radius 2 is 1.53 bits per heavy atom. The Bertz CT molecular complexity index is 502. The van der Waals surface area contributed by atoms with Crippen molar-refractivity contribution in [3.05, 3.63) is 12.2 Å². The van der Waals surface area contributed by atoms with Gasteiger partial charge in [-0.05, 0) is 25.7 Å². The van der Waals surface area contributed by atoms with E-state index in [1.54, 1.807) is 0 Å². The molecule has 0 aromatic rings. The van der Waals surface area contributed by atoms with E-state index < -0.39 is 33.1 Å². The van der Waals surface area contributed by atoms with Crippen LogP contribution < -0.4 is 68.9 Å². The minimum atomic E-state index is -5.14. The smallest absolute Gasteiger partial charge is 0.790 e. The predicted octanol–water partition coefficient (Wildman–Crippen LogP) is -3.25. The Balaban J connectivity index is -0.00000420. The van der Waals surface area contributed by atoms with Crippen molar-refractivity contribution in [2.45, 2.75) is 103 Å². The number of hydrogen-bond acceptors (Lipinski definition) is 8. The van der Waals surface area contributed by atoms with E-state index in [0.29, 0.717) is 6.42 Å². The molecular weight excluding hydrogens is 457 g/mol. The van der Waals surface area contributed by atoms with Gasteiger partial charge in [-0.15, -0.1) is 0 Å². The Morgan fingerprint density at radius 3 is 2.19 bits per heavy atom. The zero-order valence-electron chi connectivity index (χ0n) is 20.2. The van der Waals surface area contributed by atoms with Crippen molar-refractivity contribution in [3.8, 4) is 0 Å². The first-order valence-electron chi connectivity index (χ1n) is 11.1. The number of unbranched alkanes of at least 4 members (excludes halogenated alkanes) is 9. The second-order valence-corrected chi connectivity index (χ2v) is 8.74. The normalized spacial score (nSPS) is 13.3. The van der Waals surface area contributed by atoms with Gasteiger partial charge in [0.05, 0.1) is 20.5 Å². The number of rotatable bonds is 20. The van der Waals surface area contributed by atoms with Crippen molar-refractivity contribution >= 4 is 13.8 Å². The number of phosphoric acid groups is 1. The van der Waals surface area contributed by atoms with Crippen molar-refractivity contribution in [3.63, 3.8) is 0 Å². The van der Waals surface area contributed by atoms with Crippen molar-refractivity contribution in [1.29, 1.82) is 0 Å². The van der Waals surface area contributed by atoms with Gasteiger partial charge in [0, 0.05) is 6.42 Å². The first kappa shape index (κ1) is 37.8. The summed E-state index contributed by atoms with van der Waals surface area (Å²) in [5, 5.41) is 19.3. The van der Waals surface area contributed by atoms with Gasteiger partial charge in [-0.1, -0.05) is 70.4 Å². The Labute approximate surface area is 237 Å².